The second-order valence-corrected chi connectivity index (χ2v) is 10.1. The molecule has 1 fully saturated rings. The van der Waals surface area contributed by atoms with Gasteiger partial charge in [0, 0.05) is 36.1 Å². The van der Waals surface area contributed by atoms with Gasteiger partial charge in [0.1, 0.15) is 34.7 Å². The second kappa shape index (κ2) is 9.85. The van der Waals surface area contributed by atoms with Gasteiger partial charge in [-0.3, -0.25) is 19.3 Å². The van der Waals surface area contributed by atoms with Crippen molar-refractivity contribution in [2.24, 2.45) is 0 Å². The number of aromatic nitrogens is 5. The van der Waals surface area contributed by atoms with Crippen LogP contribution >= 0.6 is 11.6 Å². The van der Waals surface area contributed by atoms with Crippen LogP contribution in [0.2, 0.25) is 5.02 Å². The van der Waals surface area contributed by atoms with Gasteiger partial charge >= 0.3 is 0 Å². The maximum atomic E-state index is 13.9. The molecule has 5 rings (SSSR count). The molecule has 0 saturated heterocycles. The van der Waals surface area contributed by atoms with Crippen LogP contribution < -0.4 is 10.3 Å². The Balaban J connectivity index is 1.46. The molecular formula is C27H24ClF2N5O3. The van der Waals surface area contributed by atoms with Crippen molar-refractivity contribution < 1.29 is 18.6 Å². The first-order valence-corrected chi connectivity index (χ1v) is 12.3. The van der Waals surface area contributed by atoms with Gasteiger partial charge in [-0.25, -0.2) is 18.7 Å². The predicted octanol–water partition coefficient (Wildman–Crippen LogP) is 4.84. The van der Waals surface area contributed by atoms with E-state index in [2.05, 4.69) is 19.9 Å². The quantitative estimate of drug-likeness (QED) is 0.374. The van der Waals surface area contributed by atoms with Crippen LogP contribution in [-0.4, -0.2) is 35.2 Å². The average molecular weight is 540 g/mol. The molecule has 38 heavy (non-hydrogen) atoms. The van der Waals surface area contributed by atoms with Crippen LogP contribution in [0.3, 0.4) is 0 Å². The van der Waals surface area contributed by atoms with E-state index in [1.165, 1.54) is 4.57 Å². The van der Waals surface area contributed by atoms with Crippen molar-refractivity contribution in [3.63, 3.8) is 0 Å². The summed E-state index contributed by atoms with van der Waals surface area (Å²) in [5.41, 5.74) is 1.59. The van der Waals surface area contributed by atoms with Crippen LogP contribution in [0.25, 0.3) is 17.1 Å². The first-order chi connectivity index (χ1) is 18.0. The first-order valence-electron chi connectivity index (χ1n) is 11.9. The lowest BCUT2D eigenvalue weighted by Crippen LogP contribution is -2.39. The summed E-state index contributed by atoms with van der Waals surface area (Å²) in [7, 11) is 0. The summed E-state index contributed by atoms with van der Waals surface area (Å²) in [5.74, 6) is -0.891. The summed E-state index contributed by atoms with van der Waals surface area (Å²) in [5, 5.41) is 9.88. The molecule has 4 heterocycles. The Labute approximate surface area is 222 Å². The molecule has 8 nitrogen and oxygen atoms in total. The van der Waals surface area contributed by atoms with Crippen molar-refractivity contribution in [2.45, 2.75) is 51.7 Å². The van der Waals surface area contributed by atoms with Gasteiger partial charge in [0.25, 0.3) is 5.56 Å². The van der Waals surface area contributed by atoms with Crippen LogP contribution in [0, 0.1) is 25.5 Å². The van der Waals surface area contributed by atoms with Gasteiger partial charge in [-0.2, -0.15) is 0 Å². The van der Waals surface area contributed by atoms with E-state index in [-0.39, 0.29) is 29.0 Å². The number of aryl methyl sites for hydroxylation is 2. The highest BCUT2D eigenvalue weighted by atomic mass is 35.5. The summed E-state index contributed by atoms with van der Waals surface area (Å²) < 4.78 is 34.1. The molecule has 4 aromatic heterocycles. The van der Waals surface area contributed by atoms with Crippen molar-refractivity contribution in [1.29, 1.82) is 0 Å². The Bertz CT molecular complexity index is 1600. The lowest BCUT2D eigenvalue weighted by Gasteiger charge is -2.39. The fourth-order valence-electron chi connectivity index (χ4n) is 4.57. The van der Waals surface area contributed by atoms with Gasteiger partial charge in [-0.15, -0.1) is 0 Å². The smallest absolute Gasteiger partial charge is 0.277 e. The van der Waals surface area contributed by atoms with Gasteiger partial charge in [0.15, 0.2) is 5.82 Å². The third-order valence-corrected chi connectivity index (χ3v) is 6.89. The number of hydrogen-bond donors (Lipinski definition) is 1. The number of nitrogens with zero attached hydrogens (tertiary/aromatic N) is 5. The van der Waals surface area contributed by atoms with Crippen LogP contribution in [0.4, 0.5) is 8.78 Å². The van der Waals surface area contributed by atoms with Crippen molar-refractivity contribution in [3.8, 4) is 22.8 Å². The maximum absolute atomic E-state index is 13.9. The Morgan fingerprint density at radius 2 is 1.89 bits per heavy atom. The lowest BCUT2D eigenvalue weighted by molar-refractivity contribution is -0.0334. The largest absolute Gasteiger partial charge is 0.485 e. The van der Waals surface area contributed by atoms with E-state index in [1.54, 1.807) is 44.4 Å². The molecule has 1 N–H and O–H groups in total. The average Bonchev–Trinajstić information content (AvgIpc) is 2.86. The van der Waals surface area contributed by atoms with E-state index in [0.29, 0.717) is 47.5 Å². The molecule has 0 unspecified atom stereocenters. The molecule has 4 aromatic rings. The predicted molar refractivity (Wildman–Crippen MR) is 136 cm³/mol. The highest BCUT2D eigenvalue weighted by Gasteiger charge is 2.40. The molecule has 11 heteroatoms. The minimum absolute atomic E-state index is 0.0553. The van der Waals surface area contributed by atoms with Crippen LogP contribution in [0.15, 0.2) is 47.7 Å². The van der Waals surface area contributed by atoms with Crippen molar-refractivity contribution >= 4 is 11.6 Å². The summed E-state index contributed by atoms with van der Waals surface area (Å²) in [6, 6.07) is 5.76. The molecule has 0 aliphatic heterocycles. The molecule has 1 saturated carbocycles. The monoisotopic (exact) mass is 539 g/mol. The summed E-state index contributed by atoms with van der Waals surface area (Å²) >= 11 is 6.37. The normalized spacial score (nSPS) is 18.8. The number of pyridine rings is 3. The highest BCUT2D eigenvalue weighted by Crippen LogP contribution is 2.43. The molecule has 0 amide bonds. The Morgan fingerprint density at radius 3 is 2.61 bits per heavy atom. The minimum atomic E-state index is -0.860. The van der Waals surface area contributed by atoms with E-state index in [1.807, 2.05) is 6.92 Å². The topological polar surface area (TPSA) is 103 Å². The second-order valence-electron chi connectivity index (χ2n) is 9.73. The molecule has 0 atom stereocenters. The van der Waals surface area contributed by atoms with Crippen LogP contribution in [-0.2, 0) is 6.61 Å². The Morgan fingerprint density at radius 1 is 1.13 bits per heavy atom. The standard InChI is InChI=1S/C27H24ClF2N5O3/c1-14-11-32-20(19-4-5-31-25(34-19)16-9-27(3,37)10-16)8-22(14)35-15(2)6-23(24(28)26(35)36)38-13-21-18(30)7-17(29)12-33-21/h4-8,11-12,16,37H,9-10,13H2,1-3H3. The van der Waals surface area contributed by atoms with E-state index in [4.69, 9.17) is 16.3 Å². The minimum Gasteiger partial charge on any atom is -0.485 e. The molecule has 0 aromatic carbocycles. The number of halogens is 3. The van der Waals surface area contributed by atoms with Gasteiger partial charge < -0.3 is 9.84 Å². The lowest BCUT2D eigenvalue weighted by atomic mass is 9.72. The molecule has 1 aliphatic rings. The van der Waals surface area contributed by atoms with Crippen LogP contribution in [0.5, 0.6) is 5.75 Å². The molecule has 0 bridgehead atoms. The first kappa shape index (κ1) is 25.9. The number of ether oxygens (including phenoxy) is 1. The van der Waals surface area contributed by atoms with Crippen molar-refractivity contribution in [3.05, 3.63) is 92.6 Å². The number of rotatable bonds is 6. The maximum Gasteiger partial charge on any atom is 0.277 e. The van der Waals surface area contributed by atoms with Crippen molar-refractivity contribution in [1.82, 2.24) is 24.5 Å². The van der Waals surface area contributed by atoms with E-state index in [9.17, 15) is 18.7 Å². The van der Waals surface area contributed by atoms with E-state index >= 15 is 0 Å². The summed E-state index contributed by atoms with van der Waals surface area (Å²) in [6.45, 7) is 4.99. The summed E-state index contributed by atoms with van der Waals surface area (Å²) in [6.07, 6.45) is 5.37. The highest BCUT2D eigenvalue weighted by molar-refractivity contribution is 6.31. The fraction of sp³-hybridized carbons (Fsp3) is 0.296. The molecule has 0 radical (unpaired) electrons. The molecule has 1 aliphatic carbocycles. The zero-order valence-electron chi connectivity index (χ0n) is 20.9. The zero-order valence-corrected chi connectivity index (χ0v) is 21.6. The number of hydrogen-bond acceptors (Lipinski definition) is 7. The Hall–Kier alpha value is -3.76. The SMILES string of the molecule is Cc1cnc(-c2ccnc(C3CC(C)(O)C3)n2)cc1-n1c(C)cc(OCc2ncc(F)cc2F)c(Cl)c1=O. The molecule has 0 spiro atoms. The van der Waals surface area contributed by atoms with Crippen molar-refractivity contribution in [2.75, 3.05) is 0 Å². The third kappa shape index (κ3) is 5.01. The van der Waals surface area contributed by atoms with Gasteiger partial charge in [-0.05, 0) is 51.3 Å². The van der Waals surface area contributed by atoms with Gasteiger partial charge in [0.05, 0.1) is 28.9 Å². The fourth-order valence-corrected chi connectivity index (χ4v) is 4.77. The zero-order chi connectivity index (χ0) is 27.2. The molecule has 196 valence electrons. The Kier molecular flexibility index (Phi) is 6.70. The number of aliphatic hydroxyl groups is 1. The van der Waals surface area contributed by atoms with E-state index in [0.717, 1.165) is 11.8 Å². The van der Waals surface area contributed by atoms with Crippen LogP contribution in [0.1, 0.15) is 48.5 Å². The molecular weight excluding hydrogens is 516 g/mol. The van der Waals surface area contributed by atoms with E-state index < -0.39 is 22.8 Å². The van der Waals surface area contributed by atoms with Gasteiger partial charge in [-0.1, -0.05) is 11.6 Å². The van der Waals surface area contributed by atoms with Gasteiger partial charge in [0.2, 0.25) is 0 Å². The third-order valence-electron chi connectivity index (χ3n) is 6.54. The summed E-state index contributed by atoms with van der Waals surface area (Å²) in [4.78, 5) is 30.5.